The van der Waals surface area contributed by atoms with E-state index in [9.17, 15) is 17.6 Å². The normalized spacial score (nSPS) is 11.8. The van der Waals surface area contributed by atoms with Crippen LogP contribution in [0.5, 0.6) is 5.75 Å². The topological polar surface area (TPSA) is 50.8 Å². The summed E-state index contributed by atoms with van der Waals surface area (Å²) < 4.78 is 54.2. The third-order valence-electron chi connectivity index (χ3n) is 2.71. The summed E-state index contributed by atoms with van der Waals surface area (Å²) in [6.07, 6.45) is -1.85. The molecule has 108 valence electrons. The Bertz CT molecular complexity index is 764. The van der Waals surface area contributed by atoms with Crippen LogP contribution in [-0.2, 0) is 0 Å². The van der Waals surface area contributed by atoms with Gasteiger partial charge < -0.3 is 9.72 Å². The van der Waals surface area contributed by atoms with Crippen molar-refractivity contribution in [3.63, 3.8) is 0 Å². The molecule has 0 aliphatic heterocycles. The largest absolute Gasteiger partial charge is 0.573 e. The number of pyridine rings is 1. The number of aromatic amines is 1. The molecule has 3 rings (SSSR count). The number of alkyl halides is 3. The van der Waals surface area contributed by atoms with Gasteiger partial charge in [-0.3, -0.25) is 4.98 Å². The van der Waals surface area contributed by atoms with E-state index in [0.29, 0.717) is 11.0 Å². The Hall–Kier alpha value is -2.64. The lowest BCUT2D eigenvalue weighted by molar-refractivity contribution is -0.274. The second-order valence-corrected chi connectivity index (χ2v) is 4.17. The van der Waals surface area contributed by atoms with Crippen molar-refractivity contribution in [2.24, 2.45) is 0 Å². The SMILES string of the molecule is Fc1ccc(OC(F)(F)F)cc1-c1nc2ccncc2[nH]1. The smallest absolute Gasteiger partial charge is 0.406 e. The van der Waals surface area contributed by atoms with Crippen molar-refractivity contribution in [2.45, 2.75) is 6.36 Å². The number of H-pyrrole nitrogens is 1. The van der Waals surface area contributed by atoms with Crippen molar-refractivity contribution in [1.29, 1.82) is 0 Å². The maximum atomic E-state index is 13.8. The molecule has 0 radical (unpaired) electrons. The highest BCUT2D eigenvalue weighted by Gasteiger charge is 2.31. The van der Waals surface area contributed by atoms with Gasteiger partial charge >= 0.3 is 6.36 Å². The highest BCUT2D eigenvalue weighted by Crippen LogP contribution is 2.29. The van der Waals surface area contributed by atoms with Gasteiger partial charge in [0.25, 0.3) is 0 Å². The number of halogens is 4. The monoisotopic (exact) mass is 297 g/mol. The van der Waals surface area contributed by atoms with E-state index in [2.05, 4.69) is 19.7 Å². The molecular weight excluding hydrogens is 290 g/mol. The predicted molar refractivity (Wildman–Crippen MR) is 66.0 cm³/mol. The fraction of sp³-hybridized carbons (Fsp3) is 0.0769. The molecule has 1 N–H and O–H groups in total. The summed E-state index contributed by atoms with van der Waals surface area (Å²) in [7, 11) is 0. The maximum absolute atomic E-state index is 13.8. The molecule has 8 heteroatoms. The molecule has 0 saturated carbocycles. The molecule has 0 aliphatic rings. The van der Waals surface area contributed by atoms with E-state index in [1.54, 1.807) is 6.07 Å². The molecule has 2 heterocycles. The van der Waals surface area contributed by atoms with E-state index in [0.717, 1.165) is 18.2 Å². The Morgan fingerprint density at radius 3 is 2.67 bits per heavy atom. The number of fused-ring (bicyclic) bond motifs is 1. The molecule has 4 nitrogen and oxygen atoms in total. The number of imidazole rings is 1. The first kappa shape index (κ1) is 13.3. The van der Waals surface area contributed by atoms with E-state index >= 15 is 0 Å². The van der Waals surface area contributed by atoms with Crippen molar-refractivity contribution in [2.75, 3.05) is 0 Å². The number of hydrogen-bond donors (Lipinski definition) is 1. The second kappa shape index (κ2) is 4.72. The molecule has 0 spiro atoms. The Morgan fingerprint density at radius 2 is 1.95 bits per heavy atom. The summed E-state index contributed by atoms with van der Waals surface area (Å²) in [4.78, 5) is 10.8. The number of nitrogens with one attached hydrogen (secondary N) is 1. The lowest BCUT2D eigenvalue weighted by atomic mass is 10.2. The molecule has 0 amide bonds. The Morgan fingerprint density at radius 1 is 1.14 bits per heavy atom. The van der Waals surface area contributed by atoms with Crippen LogP contribution in [0.2, 0.25) is 0 Å². The molecule has 21 heavy (non-hydrogen) atoms. The zero-order valence-corrected chi connectivity index (χ0v) is 10.3. The summed E-state index contributed by atoms with van der Waals surface area (Å²) in [5.41, 5.74) is 0.962. The van der Waals surface area contributed by atoms with Gasteiger partial charge in [-0.1, -0.05) is 0 Å². The molecular formula is C13H7F4N3O. The van der Waals surface area contributed by atoms with Crippen LogP contribution in [0.25, 0.3) is 22.4 Å². The van der Waals surface area contributed by atoms with Crippen molar-refractivity contribution in [3.05, 3.63) is 42.5 Å². The molecule has 2 aromatic heterocycles. The zero-order chi connectivity index (χ0) is 15.0. The van der Waals surface area contributed by atoms with Gasteiger partial charge in [0.05, 0.1) is 22.8 Å². The molecule has 0 fully saturated rings. The van der Waals surface area contributed by atoms with Crippen molar-refractivity contribution < 1.29 is 22.3 Å². The first-order chi connectivity index (χ1) is 9.92. The molecule has 0 atom stereocenters. The van der Waals surface area contributed by atoms with E-state index in [1.807, 2.05) is 0 Å². The van der Waals surface area contributed by atoms with Gasteiger partial charge in [0.2, 0.25) is 0 Å². The number of ether oxygens (including phenoxy) is 1. The van der Waals surface area contributed by atoms with Gasteiger partial charge in [-0.15, -0.1) is 13.2 Å². The second-order valence-electron chi connectivity index (χ2n) is 4.17. The van der Waals surface area contributed by atoms with Gasteiger partial charge in [0, 0.05) is 6.20 Å². The van der Waals surface area contributed by atoms with Crippen LogP contribution >= 0.6 is 0 Å². The Labute approximate surface area is 115 Å². The van der Waals surface area contributed by atoms with Crippen LogP contribution in [0.3, 0.4) is 0 Å². The molecule has 0 bridgehead atoms. The first-order valence-corrected chi connectivity index (χ1v) is 5.78. The highest BCUT2D eigenvalue weighted by atomic mass is 19.4. The maximum Gasteiger partial charge on any atom is 0.573 e. The van der Waals surface area contributed by atoms with E-state index in [-0.39, 0.29) is 11.4 Å². The summed E-state index contributed by atoms with van der Waals surface area (Å²) in [5, 5.41) is 0. The minimum atomic E-state index is -4.84. The molecule has 3 aromatic rings. The summed E-state index contributed by atoms with van der Waals surface area (Å²) in [6.45, 7) is 0. The minimum absolute atomic E-state index is 0.100. The molecule has 0 saturated heterocycles. The van der Waals surface area contributed by atoms with Crippen molar-refractivity contribution >= 4 is 11.0 Å². The fourth-order valence-corrected chi connectivity index (χ4v) is 1.87. The Kier molecular flexibility index (Phi) is 3.00. The average molecular weight is 297 g/mol. The van der Waals surface area contributed by atoms with Crippen molar-refractivity contribution in [1.82, 2.24) is 15.0 Å². The van der Waals surface area contributed by atoms with Gasteiger partial charge in [-0.25, -0.2) is 9.37 Å². The Balaban J connectivity index is 2.06. The lowest BCUT2D eigenvalue weighted by Crippen LogP contribution is -2.17. The third-order valence-corrected chi connectivity index (χ3v) is 2.71. The average Bonchev–Trinajstić information content (AvgIpc) is 2.83. The van der Waals surface area contributed by atoms with Crippen LogP contribution in [0.1, 0.15) is 0 Å². The standard InChI is InChI=1S/C13H7F4N3O/c14-9-2-1-7(21-13(15,16)17)5-8(9)12-19-10-3-4-18-6-11(10)20-12/h1-6H,(H,19,20). The number of nitrogens with zero attached hydrogens (tertiary/aromatic N) is 2. The van der Waals surface area contributed by atoms with Crippen LogP contribution in [-0.4, -0.2) is 21.3 Å². The number of rotatable bonds is 2. The van der Waals surface area contributed by atoms with Crippen LogP contribution in [0.4, 0.5) is 17.6 Å². The quantitative estimate of drug-likeness (QED) is 0.734. The summed E-state index contributed by atoms with van der Waals surface area (Å²) in [6, 6.07) is 4.33. The van der Waals surface area contributed by atoms with E-state index in [1.165, 1.54) is 12.4 Å². The zero-order valence-electron chi connectivity index (χ0n) is 10.3. The molecule has 1 aromatic carbocycles. The van der Waals surface area contributed by atoms with Crippen molar-refractivity contribution in [3.8, 4) is 17.1 Å². The molecule has 0 aliphatic carbocycles. The number of aromatic nitrogens is 3. The van der Waals surface area contributed by atoms with Gasteiger partial charge in [-0.2, -0.15) is 0 Å². The van der Waals surface area contributed by atoms with Gasteiger partial charge in [0.1, 0.15) is 17.4 Å². The first-order valence-electron chi connectivity index (χ1n) is 5.78. The minimum Gasteiger partial charge on any atom is -0.406 e. The third kappa shape index (κ3) is 2.78. The highest BCUT2D eigenvalue weighted by molar-refractivity contribution is 5.78. The van der Waals surface area contributed by atoms with E-state index < -0.39 is 17.9 Å². The van der Waals surface area contributed by atoms with Crippen LogP contribution < -0.4 is 4.74 Å². The predicted octanol–water partition coefficient (Wildman–Crippen LogP) is 3.66. The number of hydrogen-bond acceptors (Lipinski definition) is 3. The van der Waals surface area contributed by atoms with Crippen LogP contribution in [0, 0.1) is 5.82 Å². The van der Waals surface area contributed by atoms with Crippen LogP contribution in [0.15, 0.2) is 36.7 Å². The summed E-state index contributed by atoms with van der Waals surface area (Å²) in [5.74, 6) is -1.13. The summed E-state index contributed by atoms with van der Waals surface area (Å²) >= 11 is 0. The van der Waals surface area contributed by atoms with Gasteiger partial charge in [0.15, 0.2) is 0 Å². The lowest BCUT2D eigenvalue weighted by Gasteiger charge is -2.09. The number of benzene rings is 1. The van der Waals surface area contributed by atoms with E-state index in [4.69, 9.17) is 0 Å². The molecule has 0 unspecified atom stereocenters. The fourth-order valence-electron chi connectivity index (χ4n) is 1.87. The van der Waals surface area contributed by atoms with Gasteiger partial charge in [-0.05, 0) is 24.3 Å².